The molecule has 6 nitrogen and oxygen atoms in total. The van der Waals surface area contributed by atoms with Crippen molar-refractivity contribution in [1.29, 1.82) is 0 Å². The monoisotopic (exact) mass is 278 g/mol. The molecular formula is C12H14N4O2S. The van der Waals surface area contributed by atoms with Crippen molar-refractivity contribution in [3.05, 3.63) is 29.3 Å². The van der Waals surface area contributed by atoms with E-state index in [1.165, 1.54) is 16.2 Å². The van der Waals surface area contributed by atoms with Crippen LogP contribution in [0.4, 0.5) is 10.8 Å². The third-order valence-corrected chi connectivity index (χ3v) is 3.50. The molecule has 0 aliphatic heterocycles. The second-order valence-corrected chi connectivity index (χ2v) is 4.71. The van der Waals surface area contributed by atoms with Gasteiger partial charge in [0, 0.05) is 25.8 Å². The summed E-state index contributed by atoms with van der Waals surface area (Å²) in [5, 5.41) is 11.5. The van der Waals surface area contributed by atoms with Crippen molar-refractivity contribution in [1.82, 2.24) is 10.2 Å². The first-order valence-corrected chi connectivity index (χ1v) is 6.40. The summed E-state index contributed by atoms with van der Waals surface area (Å²) in [6.07, 6.45) is 0. The Morgan fingerprint density at radius 2 is 2.21 bits per heavy atom. The van der Waals surface area contributed by atoms with Crippen molar-refractivity contribution in [2.75, 3.05) is 31.4 Å². The Morgan fingerprint density at radius 1 is 1.42 bits per heavy atom. The van der Waals surface area contributed by atoms with Gasteiger partial charge in [-0.1, -0.05) is 17.4 Å². The SMILES string of the molecule is CNc1nnc(C(=O)N(C)c2cccc(OC)c2)s1. The second-order valence-electron chi connectivity index (χ2n) is 3.73. The molecule has 1 aromatic carbocycles. The lowest BCUT2D eigenvalue weighted by Crippen LogP contribution is -2.26. The predicted octanol–water partition coefficient (Wildman–Crippen LogP) is 1.86. The quantitative estimate of drug-likeness (QED) is 0.924. The van der Waals surface area contributed by atoms with Gasteiger partial charge in [-0.15, -0.1) is 10.2 Å². The minimum Gasteiger partial charge on any atom is -0.497 e. The van der Waals surface area contributed by atoms with Gasteiger partial charge in [0.15, 0.2) is 0 Å². The number of anilines is 2. The van der Waals surface area contributed by atoms with Crippen molar-refractivity contribution in [3.8, 4) is 5.75 Å². The van der Waals surface area contributed by atoms with Gasteiger partial charge in [0.2, 0.25) is 10.1 Å². The highest BCUT2D eigenvalue weighted by Gasteiger charge is 2.18. The Hall–Kier alpha value is -2.15. The summed E-state index contributed by atoms with van der Waals surface area (Å²) in [5.74, 6) is 0.498. The normalized spacial score (nSPS) is 10.1. The Kier molecular flexibility index (Phi) is 3.96. The number of nitrogens with one attached hydrogen (secondary N) is 1. The fourth-order valence-corrected chi connectivity index (χ4v) is 2.16. The first-order chi connectivity index (χ1) is 9.15. The topological polar surface area (TPSA) is 67.4 Å². The van der Waals surface area contributed by atoms with Gasteiger partial charge in [0.1, 0.15) is 5.75 Å². The largest absolute Gasteiger partial charge is 0.497 e. The van der Waals surface area contributed by atoms with E-state index >= 15 is 0 Å². The van der Waals surface area contributed by atoms with Crippen LogP contribution in [0.2, 0.25) is 0 Å². The van der Waals surface area contributed by atoms with Crippen LogP contribution in [0, 0.1) is 0 Å². The standard InChI is InChI=1S/C12H14N4O2S/c1-13-12-15-14-10(19-12)11(17)16(2)8-5-4-6-9(7-8)18-3/h4-7H,1-3H3,(H,13,15). The van der Waals surface area contributed by atoms with E-state index in [9.17, 15) is 4.79 Å². The molecule has 100 valence electrons. The Balaban J connectivity index is 2.22. The molecule has 2 rings (SSSR count). The second kappa shape index (κ2) is 5.66. The van der Waals surface area contributed by atoms with Crippen LogP contribution in [0.15, 0.2) is 24.3 Å². The molecule has 0 radical (unpaired) electrons. The number of carbonyl (C=O) groups excluding carboxylic acids is 1. The third-order valence-electron chi connectivity index (χ3n) is 2.57. The van der Waals surface area contributed by atoms with Crippen molar-refractivity contribution >= 4 is 28.1 Å². The van der Waals surface area contributed by atoms with E-state index in [1.54, 1.807) is 27.3 Å². The zero-order chi connectivity index (χ0) is 13.8. The van der Waals surface area contributed by atoms with Crippen molar-refractivity contribution in [3.63, 3.8) is 0 Å². The van der Waals surface area contributed by atoms with Gasteiger partial charge in [-0.2, -0.15) is 0 Å². The molecule has 1 N–H and O–H groups in total. The number of amides is 1. The van der Waals surface area contributed by atoms with E-state index in [-0.39, 0.29) is 5.91 Å². The first kappa shape index (κ1) is 13.3. The van der Waals surface area contributed by atoms with Crippen LogP contribution in [-0.2, 0) is 0 Å². The molecule has 1 heterocycles. The van der Waals surface area contributed by atoms with E-state index in [0.29, 0.717) is 15.9 Å². The van der Waals surface area contributed by atoms with Gasteiger partial charge < -0.3 is 15.0 Å². The summed E-state index contributed by atoms with van der Waals surface area (Å²) in [7, 11) is 5.02. The minimum atomic E-state index is -0.202. The number of methoxy groups -OCH3 is 1. The van der Waals surface area contributed by atoms with Crippen LogP contribution < -0.4 is 15.0 Å². The third kappa shape index (κ3) is 2.82. The lowest BCUT2D eigenvalue weighted by molar-refractivity contribution is 0.0992. The Labute approximate surface area is 115 Å². The fraction of sp³-hybridized carbons (Fsp3) is 0.250. The summed E-state index contributed by atoms with van der Waals surface area (Å²) >= 11 is 1.22. The summed E-state index contributed by atoms with van der Waals surface area (Å²) in [4.78, 5) is 13.8. The average Bonchev–Trinajstić information content (AvgIpc) is 2.94. The molecule has 0 aliphatic carbocycles. The molecule has 7 heteroatoms. The zero-order valence-electron chi connectivity index (χ0n) is 10.9. The highest BCUT2D eigenvalue weighted by molar-refractivity contribution is 7.17. The maximum absolute atomic E-state index is 12.2. The van der Waals surface area contributed by atoms with Crippen LogP contribution in [0.1, 0.15) is 9.80 Å². The fourth-order valence-electron chi connectivity index (χ4n) is 1.49. The molecule has 19 heavy (non-hydrogen) atoms. The smallest absolute Gasteiger partial charge is 0.289 e. The predicted molar refractivity (Wildman–Crippen MR) is 75.2 cm³/mol. The van der Waals surface area contributed by atoms with Crippen LogP contribution in [0.3, 0.4) is 0 Å². The van der Waals surface area contributed by atoms with Crippen LogP contribution >= 0.6 is 11.3 Å². The van der Waals surface area contributed by atoms with Crippen molar-refractivity contribution < 1.29 is 9.53 Å². The zero-order valence-corrected chi connectivity index (χ0v) is 11.7. The van der Waals surface area contributed by atoms with E-state index in [4.69, 9.17) is 4.74 Å². The number of ether oxygens (including phenoxy) is 1. The molecule has 1 aromatic heterocycles. The molecule has 0 aliphatic rings. The van der Waals surface area contributed by atoms with Gasteiger partial charge in [0.25, 0.3) is 5.91 Å². The summed E-state index contributed by atoms with van der Waals surface area (Å²) in [6.45, 7) is 0. The molecule has 0 fully saturated rings. The number of carbonyl (C=O) groups is 1. The molecule has 0 bridgehead atoms. The van der Waals surface area contributed by atoms with Gasteiger partial charge in [0.05, 0.1) is 7.11 Å². The molecule has 0 saturated carbocycles. The van der Waals surface area contributed by atoms with Crippen molar-refractivity contribution in [2.24, 2.45) is 0 Å². The lowest BCUT2D eigenvalue weighted by atomic mass is 10.3. The van der Waals surface area contributed by atoms with Crippen molar-refractivity contribution in [2.45, 2.75) is 0 Å². The number of aromatic nitrogens is 2. The maximum atomic E-state index is 12.2. The number of benzene rings is 1. The number of nitrogens with zero attached hydrogens (tertiary/aromatic N) is 3. The maximum Gasteiger partial charge on any atom is 0.289 e. The molecule has 1 amide bonds. The highest BCUT2D eigenvalue weighted by Crippen LogP contribution is 2.23. The molecular weight excluding hydrogens is 264 g/mol. The van der Waals surface area contributed by atoms with Gasteiger partial charge >= 0.3 is 0 Å². The molecule has 0 unspecified atom stereocenters. The number of rotatable bonds is 4. The summed E-state index contributed by atoms with van der Waals surface area (Å²) in [5.41, 5.74) is 0.741. The Morgan fingerprint density at radius 3 is 2.84 bits per heavy atom. The van der Waals surface area contributed by atoms with Gasteiger partial charge in [-0.05, 0) is 12.1 Å². The lowest BCUT2D eigenvalue weighted by Gasteiger charge is -2.16. The molecule has 0 spiro atoms. The minimum absolute atomic E-state index is 0.202. The van der Waals surface area contributed by atoms with Gasteiger partial charge in [-0.25, -0.2) is 0 Å². The number of hydrogen-bond donors (Lipinski definition) is 1. The van der Waals surface area contributed by atoms with E-state index in [1.807, 2.05) is 18.2 Å². The van der Waals surface area contributed by atoms with Gasteiger partial charge in [-0.3, -0.25) is 4.79 Å². The average molecular weight is 278 g/mol. The van der Waals surface area contributed by atoms with E-state index in [0.717, 1.165) is 5.69 Å². The molecule has 2 aromatic rings. The van der Waals surface area contributed by atoms with Crippen LogP contribution in [0.25, 0.3) is 0 Å². The summed E-state index contributed by atoms with van der Waals surface area (Å²) in [6, 6.07) is 7.28. The molecule has 0 atom stereocenters. The number of hydrogen-bond acceptors (Lipinski definition) is 6. The van der Waals surface area contributed by atoms with Crippen LogP contribution in [0.5, 0.6) is 5.75 Å². The Bertz CT molecular complexity index is 585. The first-order valence-electron chi connectivity index (χ1n) is 5.59. The van der Waals surface area contributed by atoms with E-state index < -0.39 is 0 Å². The van der Waals surface area contributed by atoms with Crippen LogP contribution in [-0.4, -0.2) is 37.3 Å². The van der Waals surface area contributed by atoms with E-state index in [2.05, 4.69) is 15.5 Å². The molecule has 0 saturated heterocycles. The summed E-state index contributed by atoms with van der Waals surface area (Å²) < 4.78 is 5.14. The highest BCUT2D eigenvalue weighted by atomic mass is 32.1.